The number of halogens is 2. The summed E-state index contributed by atoms with van der Waals surface area (Å²) >= 11 is 12.1. The fourth-order valence-corrected chi connectivity index (χ4v) is 3.89. The largest absolute Gasteiger partial charge is 0.462 e. The number of nitrogens with zero attached hydrogens (tertiary/aromatic N) is 1. The molecular weight excluding hydrogens is 517 g/mol. The minimum atomic E-state index is -0.683. The molecule has 0 fully saturated rings. The summed E-state index contributed by atoms with van der Waals surface area (Å²) in [6.45, 7) is 2.15. The number of hydrogen-bond acceptors (Lipinski definition) is 6. The monoisotopic (exact) mass is 537 g/mol. The van der Waals surface area contributed by atoms with Crippen LogP contribution in [0.5, 0.6) is 0 Å². The highest BCUT2D eigenvalue weighted by molar-refractivity contribution is 6.53. The Labute approximate surface area is 222 Å². The molecule has 2 N–H and O–H groups in total. The van der Waals surface area contributed by atoms with Gasteiger partial charge in [-0.1, -0.05) is 48.3 Å². The van der Waals surface area contributed by atoms with Crippen LogP contribution in [-0.4, -0.2) is 30.3 Å². The van der Waals surface area contributed by atoms with Gasteiger partial charge in [0.15, 0.2) is 0 Å². The molecule has 0 spiro atoms. The Bertz CT molecular complexity index is 1420. The van der Waals surface area contributed by atoms with Crippen molar-refractivity contribution in [3.8, 4) is 0 Å². The van der Waals surface area contributed by atoms with Crippen LogP contribution >= 0.6 is 23.2 Å². The maximum Gasteiger partial charge on any atom is 0.340 e. The summed E-state index contributed by atoms with van der Waals surface area (Å²) in [7, 11) is 0. The van der Waals surface area contributed by atoms with Crippen LogP contribution in [0, 0.1) is 0 Å². The lowest BCUT2D eigenvalue weighted by Gasteiger charge is -2.15. The van der Waals surface area contributed by atoms with Crippen molar-refractivity contribution >= 4 is 64.0 Å². The number of anilines is 3. The summed E-state index contributed by atoms with van der Waals surface area (Å²) in [5.74, 6) is -2.36. The van der Waals surface area contributed by atoms with Crippen LogP contribution < -0.4 is 15.5 Å². The summed E-state index contributed by atoms with van der Waals surface area (Å²) in [6, 6.07) is 19.0. The first-order chi connectivity index (χ1) is 17.8. The number of imide groups is 1. The van der Waals surface area contributed by atoms with Crippen molar-refractivity contribution in [2.24, 2.45) is 0 Å². The van der Waals surface area contributed by atoms with E-state index in [1.54, 1.807) is 54.6 Å². The molecule has 3 aromatic rings. The molecule has 0 unspecified atom stereocenters. The van der Waals surface area contributed by atoms with Gasteiger partial charge in [-0.05, 0) is 61.0 Å². The van der Waals surface area contributed by atoms with E-state index in [-0.39, 0.29) is 28.5 Å². The highest BCUT2D eigenvalue weighted by atomic mass is 35.5. The van der Waals surface area contributed by atoms with Crippen molar-refractivity contribution in [3.63, 3.8) is 0 Å². The van der Waals surface area contributed by atoms with E-state index in [2.05, 4.69) is 10.6 Å². The van der Waals surface area contributed by atoms with Crippen LogP contribution in [0.4, 0.5) is 17.1 Å². The molecule has 1 aliphatic heterocycles. The van der Waals surface area contributed by atoms with E-state index >= 15 is 0 Å². The molecular formula is C27H21Cl2N3O5. The molecule has 0 radical (unpaired) electrons. The zero-order valence-corrected chi connectivity index (χ0v) is 21.1. The van der Waals surface area contributed by atoms with Crippen molar-refractivity contribution < 1.29 is 23.9 Å². The molecule has 10 heteroatoms. The number of para-hydroxylation sites is 1. The second-order valence-corrected chi connectivity index (χ2v) is 8.77. The minimum Gasteiger partial charge on any atom is -0.462 e. The molecule has 0 bridgehead atoms. The highest BCUT2D eigenvalue weighted by Gasteiger charge is 2.39. The van der Waals surface area contributed by atoms with E-state index < -0.39 is 23.7 Å². The summed E-state index contributed by atoms with van der Waals surface area (Å²) < 4.78 is 5.19. The Hall–Kier alpha value is -4.14. The quantitative estimate of drug-likeness (QED) is 0.286. The fourth-order valence-electron chi connectivity index (χ4n) is 3.56. The van der Waals surface area contributed by atoms with Crippen molar-refractivity contribution in [1.29, 1.82) is 0 Å². The van der Waals surface area contributed by atoms with Crippen molar-refractivity contribution in [1.82, 2.24) is 0 Å². The third-order valence-electron chi connectivity index (χ3n) is 5.34. The van der Waals surface area contributed by atoms with E-state index in [4.69, 9.17) is 27.9 Å². The molecule has 4 rings (SSSR count). The van der Waals surface area contributed by atoms with Gasteiger partial charge in [0.05, 0.1) is 23.5 Å². The van der Waals surface area contributed by atoms with Crippen molar-refractivity contribution in [3.05, 3.63) is 99.7 Å². The predicted molar refractivity (Wildman–Crippen MR) is 142 cm³/mol. The maximum atomic E-state index is 13.0. The van der Waals surface area contributed by atoms with Crippen LogP contribution in [-0.2, 0) is 14.3 Å². The van der Waals surface area contributed by atoms with E-state index in [0.29, 0.717) is 28.5 Å². The van der Waals surface area contributed by atoms with Crippen molar-refractivity contribution in [2.75, 3.05) is 22.1 Å². The van der Waals surface area contributed by atoms with Gasteiger partial charge >= 0.3 is 5.97 Å². The number of benzene rings is 3. The minimum absolute atomic E-state index is 0.122. The number of nitrogens with one attached hydrogen (secondary N) is 2. The number of rotatable bonds is 8. The summed E-state index contributed by atoms with van der Waals surface area (Å²) in [6.07, 6.45) is 0.673. The normalized spacial score (nSPS) is 13.1. The molecule has 1 heterocycles. The lowest BCUT2D eigenvalue weighted by molar-refractivity contribution is -0.120. The first kappa shape index (κ1) is 25.9. The average Bonchev–Trinajstić information content (AvgIpc) is 3.11. The summed E-state index contributed by atoms with van der Waals surface area (Å²) in [5.41, 5.74) is 1.32. The summed E-state index contributed by atoms with van der Waals surface area (Å²) in [4.78, 5) is 51.9. The van der Waals surface area contributed by atoms with Gasteiger partial charge < -0.3 is 15.4 Å². The molecule has 3 aromatic carbocycles. The first-order valence-electron chi connectivity index (χ1n) is 11.3. The van der Waals surface area contributed by atoms with Crippen LogP contribution in [0.2, 0.25) is 5.02 Å². The number of ether oxygens (including phenoxy) is 1. The van der Waals surface area contributed by atoms with E-state index in [0.717, 1.165) is 4.90 Å². The number of esters is 1. The topological polar surface area (TPSA) is 105 Å². The molecule has 0 saturated carbocycles. The lowest BCUT2D eigenvalue weighted by atomic mass is 10.1. The molecule has 0 saturated heterocycles. The van der Waals surface area contributed by atoms with Gasteiger partial charge in [-0.25, -0.2) is 9.69 Å². The Morgan fingerprint density at radius 3 is 2.38 bits per heavy atom. The van der Waals surface area contributed by atoms with Gasteiger partial charge in [0.2, 0.25) is 0 Å². The molecule has 3 amide bonds. The SMILES string of the molecule is CCCOC(=O)c1ccccc1NC(=O)c1cccc(NC2=C(Cl)C(=O)N(c3ccc(Cl)cc3)C2=O)c1. The molecule has 1 aliphatic rings. The third-order valence-corrected chi connectivity index (χ3v) is 5.94. The Balaban J connectivity index is 1.52. The second kappa shape index (κ2) is 11.3. The zero-order valence-electron chi connectivity index (χ0n) is 19.6. The number of amides is 3. The smallest absolute Gasteiger partial charge is 0.340 e. The Kier molecular flexibility index (Phi) is 7.91. The molecule has 8 nitrogen and oxygen atoms in total. The van der Waals surface area contributed by atoms with Crippen LogP contribution in [0.1, 0.15) is 34.1 Å². The lowest BCUT2D eigenvalue weighted by Crippen LogP contribution is -2.32. The van der Waals surface area contributed by atoms with Gasteiger partial charge in [-0.2, -0.15) is 0 Å². The molecule has 0 aromatic heterocycles. The average molecular weight is 538 g/mol. The number of carbonyl (C=O) groups excluding carboxylic acids is 4. The van der Waals surface area contributed by atoms with E-state index in [1.807, 2.05) is 6.92 Å². The van der Waals surface area contributed by atoms with Crippen LogP contribution in [0.3, 0.4) is 0 Å². The second-order valence-electron chi connectivity index (χ2n) is 7.95. The van der Waals surface area contributed by atoms with E-state index in [1.165, 1.54) is 18.2 Å². The van der Waals surface area contributed by atoms with Gasteiger partial charge in [-0.15, -0.1) is 0 Å². The zero-order chi connectivity index (χ0) is 26.5. The van der Waals surface area contributed by atoms with Crippen LogP contribution in [0.25, 0.3) is 0 Å². The van der Waals surface area contributed by atoms with Crippen LogP contribution in [0.15, 0.2) is 83.5 Å². The standard InChI is InChI=1S/C27H21Cl2N3O5/c1-2-14-37-27(36)20-8-3-4-9-21(20)31-24(33)16-6-5-7-18(15-16)30-23-22(29)25(34)32(26(23)35)19-12-10-17(28)11-13-19/h3-13,15,30H,2,14H2,1H3,(H,31,33). The third kappa shape index (κ3) is 5.66. The summed E-state index contributed by atoms with van der Waals surface area (Å²) in [5, 5.41) is 5.74. The number of hydrogen-bond donors (Lipinski definition) is 2. The molecule has 37 heavy (non-hydrogen) atoms. The van der Waals surface area contributed by atoms with Gasteiger partial charge in [-0.3, -0.25) is 14.4 Å². The fraction of sp³-hybridized carbons (Fsp3) is 0.111. The molecule has 188 valence electrons. The van der Waals surface area contributed by atoms with E-state index in [9.17, 15) is 19.2 Å². The molecule has 0 aliphatic carbocycles. The first-order valence-corrected chi connectivity index (χ1v) is 12.0. The molecule has 0 atom stereocenters. The van der Waals surface area contributed by atoms with Gasteiger partial charge in [0.1, 0.15) is 10.7 Å². The van der Waals surface area contributed by atoms with Gasteiger partial charge in [0, 0.05) is 16.3 Å². The number of carbonyl (C=O) groups is 4. The highest BCUT2D eigenvalue weighted by Crippen LogP contribution is 2.31. The van der Waals surface area contributed by atoms with Gasteiger partial charge in [0.25, 0.3) is 17.7 Å². The Morgan fingerprint density at radius 2 is 1.65 bits per heavy atom. The predicted octanol–water partition coefficient (Wildman–Crippen LogP) is 5.59. The van der Waals surface area contributed by atoms with Crippen molar-refractivity contribution in [2.45, 2.75) is 13.3 Å². The Morgan fingerprint density at radius 1 is 0.919 bits per heavy atom. The maximum absolute atomic E-state index is 13.0.